The van der Waals surface area contributed by atoms with Crippen molar-refractivity contribution in [1.29, 1.82) is 0 Å². The van der Waals surface area contributed by atoms with Gasteiger partial charge in [0.2, 0.25) is 20.5 Å². The van der Waals surface area contributed by atoms with Gasteiger partial charge in [-0.25, -0.2) is 18.1 Å². The fourth-order valence-corrected chi connectivity index (χ4v) is 7.00. The Bertz CT molecular complexity index is 1810. The molecule has 3 heterocycles. The molecule has 0 saturated heterocycles. The van der Waals surface area contributed by atoms with E-state index < -0.39 is 20.5 Å². The molecular formula is C29H28N6O3S. The van der Waals surface area contributed by atoms with Gasteiger partial charge in [-0.3, -0.25) is 4.79 Å². The van der Waals surface area contributed by atoms with Crippen LogP contribution in [-0.2, 0) is 22.7 Å². The van der Waals surface area contributed by atoms with Crippen LogP contribution in [0.15, 0.2) is 77.8 Å². The summed E-state index contributed by atoms with van der Waals surface area (Å²) in [7, 11) is -4.20. The molecule has 0 aliphatic carbocycles. The van der Waals surface area contributed by atoms with E-state index in [0.29, 0.717) is 11.4 Å². The smallest absolute Gasteiger partial charge is 0.212 e. The molecule has 0 radical (unpaired) electrons. The summed E-state index contributed by atoms with van der Waals surface area (Å²) in [5, 5.41) is 7.46. The number of aromatic amines is 1. The minimum absolute atomic E-state index is 0.0276. The normalized spacial score (nSPS) is 16.8. The number of carbonyl (C=O) groups is 1. The van der Waals surface area contributed by atoms with Gasteiger partial charge in [-0.2, -0.15) is 5.10 Å². The van der Waals surface area contributed by atoms with Crippen LogP contribution in [0.25, 0.3) is 16.7 Å². The number of aromatic nitrogens is 4. The van der Waals surface area contributed by atoms with Crippen molar-refractivity contribution in [3.8, 4) is 5.69 Å². The monoisotopic (exact) mass is 540 g/mol. The molecule has 0 bridgehead atoms. The Balaban J connectivity index is 1.44. The maximum absolute atomic E-state index is 14.3. The number of nitrogens with zero attached hydrogens (tertiary/aromatic N) is 3. The first kappa shape index (κ1) is 24.9. The summed E-state index contributed by atoms with van der Waals surface area (Å²) >= 11 is 0. The number of nitrogens with one attached hydrogen (secondary N) is 2. The number of sulfone groups is 1. The summed E-state index contributed by atoms with van der Waals surface area (Å²) in [6.45, 7) is 3.96. The second-order valence-electron chi connectivity index (χ2n) is 9.92. The highest BCUT2D eigenvalue weighted by Crippen LogP contribution is 2.42. The zero-order chi connectivity index (χ0) is 27.4. The average Bonchev–Trinajstić information content (AvgIpc) is 3.63. The van der Waals surface area contributed by atoms with Gasteiger partial charge in [-0.05, 0) is 55.3 Å². The van der Waals surface area contributed by atoms with Gasteiger partial charge in [-0.15, -0.1) is 0 Å². The minimum atomic E-state index is -4.20. The topological polar surface area (TPSA) is 136 Å². The van der Waals surface area contributed by atoms with Gasteiger partial charge in [0.15, 0.2) is 0 Å². The number of anilines is 2. The van der Waals surface area contributed by atoms with E-state index in [-0.39, 0.29) is 22.7 Å². The number of para-hydroxylation sites is 1. The van der Waals surface area contributed by atoms with Crippen molar-refractivity contribution in [2.75, 3.05) is 11.1 Å². The van der Waals surface area contributed by atoms with Crippen molar-refractivity contribution in [3.63, 3.8) is 0 Å². The molecule has 0 fully saturated rings. The van der Waals surface area contributed by atoms with Gasteiger partial charge < -0.3 is 16.0 Å². The van der Waals surface area contributed by atoms with Crippen molar-refractivity contribution in [3.05, 3.63) is 95.4 Å². The molecule has 1 atom stereocenters. The van der Waals surface area contributed by atoms with Crippen LogP contribution in [0.1, 0.15) is 40.7 Å². The van der Waals surface area contributed by atoms with Gasteiger partial charge in [0, 0.05) is 18.5 Å². The first-order valence-corrected chi connectivity index (χ1v) is 14.3. The average molecular weight is 541 g/mol. The summed E-state index contributed by atoms with van der Waals surface area (Å²) in [5.41, 5.74) is 11.0. The highest BCUT2D eigenvalue weighted by molar-refractivity contribution is 7.93. The van der Waals surface area contributed by atoms with Gasteiger partial charge in [0.25, 0.3) is 0 Å². The lowest BCUT2D eigenvalue weighted by Gasteiger charge is -2.28. The first-order valence-electron chi connectivity index (χ1n) is 12.8. The van der Waals surface area contributed by atoms with Crippen LogP contribution >= 0.6 is 0 Å². The largest absolute Gasteiger partial charge is 0.383 e. The molecule has 1 aliphatic rings. The van der Waals surface area contributed by atoms with E-state index in [1.807, 2.05) is 37.3 Å². The molecular weight excluding hydrogens is 512 g/mol. The fraction of sp³-hybridized carbons (Fsp3) is 0.207. The molecule has 6 rings (SSSR count). The van der Waals surface area contributed by atoms with Crippen LogP contribution in [0.2, 0.25) is 0 Å². The zero-order valence-electron chi connectivity index (χ0n) is 21.6. The van der Waals surface area contributed by atoms with Crippen molar-refractivity contribution in [1.82, 2.24) is 19.7 Å². The molecule has 39 heavy (non-hydrogen) atoms. The second-order valence-corrected chi connectivity index (χ2v) is 12.1. The predicted octanol–water partition coefficient (Wildman–Crippen LogP) is 4.61. The van der Waals surface area contributed by atoms with Gasteiger partial charge >= 0.3 is 0 Å². The SMILES string of the molecule is CCCc1nc2cc(-n3ncc(C(=O)C4(S(=O)(=O)c5ccc(C)cc5)Cc5ccccc5N4)c3N)ccc2[nH]1. The number of H-pyrrole nitrogens is 1. The number of ketones is 1. The van der Waals surface area contributed by atoms with Gasteiger partial charge in [0.1, 0.15) is 11.6 Å². The third-order valence-electron chi connectivity index (χ3n) is 7.25. The molecule has 10 heteroatoms. The van der Waals surface area contributed by atoms with Crippen LogP contribution in [0.5, 0.6) is 0 Å². The third-order valence-corrected chi connectivity index (χ3v) is 9.49. The van der Waals surface area contributed by atoms with Gasteiger partial charge in [0.05, 0.1) is 33.4 Å². The number of Topliss-reactive ketones (excluding diaryl/α,β-unsaturated/α-hetero) is 1. The number of fused-ring (bicyclic) bond motifs is 2. The Morgan fingerprint density at radius 2 is 1.87 bits per heavy atom. The van der Waals surface area contributed by atoms with Crippen LogP contribution in [0, 0.1) is 6.92 Å². The molecule has 2 aromatic heterocycles. The molecule has 5 aromatic rings. The molecule has 0 spiro atoms. The van der Waals surface area contributed by atoms with Crippen LogP contribution in [0.3, 0.4) is 0 Å². The van der Waals surface area contributed by atoms with Crippen LogP contribution in [0.4, 0.5) is 11.5 Å². The third kappa shape index (κ3) is 3.90. The highest BCUT2D eigenvalue weighted by Gasteiger charge is 2.55. The summed E-state index contributed by atoms with van der Waals surface area (Å²) in [5.74, 6) is 0.290. The molecule has 0 saturated carbocycles. The quantitative estimate of drug-likeness (QED) is 0.256. The molecule has 0 amide bonds. The van der Waals surface area contributed by atoms with E-state index in [9.17, 15) is 13.2 Å². The number of carbonyl (C=O) groups excluding carboxylic acids is 1. The number of imidazole rings is 1. The van der Waals surface area contributed by atoms with E-state index in [0.717, 1.165) is 40.8 Å². The van der Waals surface area contributed by atoms with Crippen molar-refractivity contribution in [2.45, 2.75) is 42.9 Å². The lowest BCUT2D eigenvalue weighted by atomic mass is 10.0. The zero-order valence-corrected chi connectivity index (χ0v) is 22.4. The Hall–Kier alpha value is -4.44. The molecule has 198 valence electrons. The summed E-state index contributed by atoms with van der Waals surface area (Å²) < 4.78 is 29.8. The number of hydrogen-bond acceptors (Lipinski definition) is 7. The molecule has 1 unspecified atom stereocenters. The molecule has 9 nitrogen and oxygen atoms in total. The maximum atomic E-state index is 14.3. The van der Waals surface area contributed by atoms with Crippen molar-refractivity contribution >= 4 is 38.2 Å². The van der Waals surface area contributed by atoms with E-state index in [2.05, 4.69) is 27.3 Å². The summed E-state index contributed by atoms with van der Waals surface area (Å²) in [6, 6.07) is 19.3. The lowest BCUT2D eigenvalue weighted by molar-refractivity contribution is 0.0953. The molecule has 3 aromatic carbocycles. The number of aryl methyl sites for hydroxylation is 2. The van der Waals surface area contributed by atoms with Crippen molar-refractivity contribution in [2.24, 2.45) is 0 Å². The fourth-order valence-electron chi connectivity index (χ4n) is 5.16. The molecule has 4 N–H and O–H groups in total. The Morgan fingerprint density at radius 1 is 1.10 bits per heavy atom. The summed E-state index contributed by atoms with van der Waals surface area (Å²) in [6.07, 6.45) is 3.10. The van der Waals surface area contributed by atoms with Crippen LogP contribution < -0.4 is 11.1 Å². The first-order chi connectivity index (χ1) is 18.7. The summed E-state index contributed by atoms with van der Waals surface area (Å²) in [4.78, 5) is 20.3. The Kier molecular flexibility index (Phi) is 5.80. The number of rotatable bonds is 7. The van der Waals surface area contributed by atoms with E-state index in [4.69, 9.17) is 5.73 Å². The lowest BCUT2D eigenvalue weighted by Crippen LogP contribution is -2.52. The van der Waals surface area contributed by atoms with E-state index >= 15 is 0 Å². The highest BCUT2D eigenvalue weighted by atomic mass is 32.2. The Morgan fingerprint density at radius 3 is 2.62 bits per heavy atom. The van der Waals surface area contributed by atoms with Gasteiger partial charge in [-0.1, -0.05) is 42.8 Å². The minimum Gasteiger partial charge on any atom is -0.383 e. The van der Waals surface area contributed by atoms with Crippen molar-refractivity contribution < 1.29 is 13.2 Å². The number of benzene rings is 3. The van der Waals surface area contributed by atoms with E-state index in [1.165, 1.54) is 23.0 Å². The number of nitrogens with two attached hydrogens (primary N) is 1. The molecule has 1 aliphatic heterocycles. The second kappa shape index (κ2) is 9.09. The number of hydrogen-bond donors (Lipinski definition) is 3. The predicted molar refractivity (Wildman–Crippen MR) is 151 cm³/mol. The van der Waals surface area contributed by atoms with E-state index in [1.54, 1.807) is 24.3 Å². The number of nitrogen functional groups attached to an aromatic ring is 1. The standard InChI is InChI=1S/C29H28N6O3S/c1-3-6-26-32-24-14-11-20(15-25(24)33-26)35-28(30)22(17-31-35)27(36)29(16-19-7-4-5-8-23(19)34-29)39(37,38)21-12-9-18(2)10-13-21/h4-5,7-15,17,34H,3,6,16,30H2,1-2H3,(H,32,33). The van der Waals surface area contributed by atoms with Crippen LogP contribution in [-0.4, -0.2) is 38.8 Å². The Labute approximate surface area is 226 Å². The maximum Gasteiger partial charge on any atom is 0.212 e.